The largest absolute Gasteiger partial charge is 0.481 e. The van der Waals surface area contributed by atoms with Gasteiger partial charge in [0.25, 0.3) is 0 Å². The van der Waals surface area contributed by atoms with Crippen LogP contribution in [-0.2, 0) is 21.2 Å². The molecule has 3 rings (SSSR count). The van der Waals surface area contributed by atoms with Gasteiger partial charge in [0.15, 0.2) is 0 Å². The van der Waals surface area contributed by atoms with E-state index in [1.807, 2.05) is 24.3 Å². The molecule has 0 aliphatic carbocycles. The Balaban J connectivity index is 1.89. The molecule has 1 atom stereocenters. The minimum Gasteiger partial charge on any atom is -0.481 e. The smallest absolute Gasteiger partial charge is 0.303 e. The summed E-state index contributed by atoms with van der Waals surface area (Å²) in [5.74, 6) is -0.823. The van der Waals surface area contributed by atoms with Gasteiger partial charge in [-0.3, -0.25) is 4.79 Å². The Morgan fingerprint density at radius 2 is 1.32 bits per heavy atom. The number of benzene rings is 3. The predicted molar refractivity (Wildman–Crippen MR) is 122 cm³/mol. The Kier molecular flexibility index (Phi) is 7.73. The molecular formula is C23H21Cl2NO4S. The summed E-state index contributed by atoms with van der Waals surface area (Å²) in [6.07, 6.45) is 1.28. The maximum absolute atomic E-state index is 13.0. The second kappa shape index (κ2) is 10.3. The van der Waals surface area contributed by atoms with Crippen molar-refractivity contribution in [3.8, 4) is 0 Å². The molecule has 8 heteroatoms. The summed E-state index contributed by atoms with van der Waals surface area (Å²) in [5.41, 5.74) is 2.47. The van der Waals surface area contributed by atoms with Crippen LogP contribution in [0.15, 0.2) is 77.7 Å². The Labute approximate surface area is 191 Å². The Morgan fingerprint density at radius 1 is 0.839 bits per heavy atom. The van der Waals surface area contributed by atoms with Crippen LogP contribution in [-0.4, -0.2) is 19.5 Å². The first-order valence-corrected chi connectivity index (χ1v) is 11.8. The first kappa shape index (κ1) is 23.3. The minimum atomic E-state index is -3.82. The Hall–Kier alpha value is -2.38. The van der Waals surface area contributed by atoms with Crippen LogP contribution in [0.1, 0.15) is 35.6 Å². The van der Waals surface area contributed by atoms with Gasteiger partial charge in [0.1, 0.15) is 0 Å². The SMILES string of the molecule is O=C(O)CCCc1ccc(C(NS(=O)(=O)c2ccc(Cl)cc2)c2ccc(Cl)cc2)cc1. The molecule has 0 fully saturated rings. The molecule has 0 saturated heterocycles. The molecule has 31 heavy (non-hydrogen) atoms. The number of halogens is 2. The number of aryl methyl sites for hydroxylation is 1. The van der Waals surface area contributed by atoms with Crippen molar-refractivity contribution in [3.63, 3.8) is 0 Å². The van der Waals surface area contributed by atoms with Crippen LogP contribution in [0.2, 0.25) is 10.0 Å². The maximum Gasteiger partial charge on any atom is 0.303 e. The van der Waals surface area contributed by atoms with E-state index < -0.39 is 22.0 Å². The van der Waals surface area contributed by atoms with Crippen molar-refractivity contribution in [1.29, 1.82) is 0 Å². The fourth-order valence-corrected chi connectivity index (χ4v) is 4.61. The third-order valence-corrected chi connectivity index (χ3v) is 6.71. The topological polar surface area (TPSA) is 83.5 Å². The first-order chi connectivity index (χ1) is 14.7. The van der Waals surface area contributed by atoms with Crippen molar-refractivity contribution in [2.75, 3.05) is 0 Å². The second-order valence-corrected chi connectivity index (χ2v) is 9.64. The van der Waals surface area contributed by atoms with Gasteiger partial charge in [-0.15, -0.1) is 0 Å². The summed E-state index contributed by atoms with van der Waals surface area (Å²) in [6, 6.07) is 19.8. The minimum absolute atomic E-state index is 0.107. The van der Waals surface area contributed by atoms with Crippen LogP contribution in [0.4, 0.5) is 0 Å². The summed E-state index contributed by atoms with van der Waals surface area (Å²) < 4.78 is 28.8. The molecule has 0 bridgehead atoms. The van der Waals surface area contributed by atoms with E-state index in [2.05, 4.69) is 4.72 Å². The fraction of sp³-hybridized carbons (Fsp3) is 0.174. The fourth-order valence-electron chi connectivity index (χ4n) is 3.14. The number of aliphatic carboxylic acids is 1. The van der Waals surface area contributed by atoms with Gasteiger partial charge in [0.05, 0.1) is 10.9 Å². The molecule has 0 heterocycles. The Bertz CT molecular complexity index is 1130. The van der Waals surface area contributed by atoms with Crippen LogP contribution in [0, 0.1) is 0 Å². The summed E-state index contributed by atoms with van der Waals surface area (Å²) in [6.45, 7) is 0. The molecular weight excluding hydrogens is 457 g/mol. The standard InChI is InChI=1S/C23H21Cl2NO4S/c24-19-10-8-18(9-11-19)23(26-31(29,30)21-14-12-20(25)13-15-21)17-6-4-16(5-7-17)2-1-3-22(27)28/h4-15,23,26H,1-3H2,(H,27,28). The van der Waals surface area contributed by atoms with Crippen LogP contribution >= 0.6 is 23.2 Å². The molecule has 2 N–H and O–H groups in total. The van der Waals surface area contributed by atoms with Gasteiger partial charge in [-0.1, -0.05) is 59.6 Å². The molecule has 0 aromatic heterocycles. The highest BCUT2D eigenvalue weighted by Gasteiger charge is 2.23. The predicted octanol–water partition coefficient (Wildman–Crippen LogP) is 5.47. The highest BCUT2D eigenvalue weighted by molar-refractivity contribution is 7.89. The number of carboxylic acids is 1. The number of hydrogen-bond donors (Lipinski definition) is 2. The molecule has 0 amide bonds. The second-order valence-electron chi connectivity index (χ2n) is 7.05. The highest BCUT2D eigenvalue weighted by Crippen LogP contribution is 2.27. The lowest BCUT2D eigenvalue weighted by Crippen LogP contribution is -2.29. The van der Waals surface area contributed by atoms with E-state index in [-0.39, 0.29) is 11.3 Å². The highest BCUT2D eigenvalue weighted by atomic mass is 35.5. The molecule has 0 aliphatic heterocycles. The number of carboxylic acid groups (broad SMARTS) is 1. The average Bonchev–Trinajstić information content (AvgIpc) is 2.73. The van der Waals surface area contributed by atoms with Gasteiger partial charge in [0, 0.05) is 16.5 Å². The molecule has 0 radical (unpaired) electrons. The maximum atomic E-state index is 13.0. The number of hydrogen-bond acceptors (Lipinski definition) is 3. The molecule has 162 valence electrons. The normalized spacial score (nSPS) is 12.5. The summed E-state index contributed by atoms with van der Waals surface area (Å²) in [4.78, 5) is 10.8. The molecule has 5 nitrogen and oxygen atoms in total. The van der Waals surface area contributed by atoms with Crippen LogP contribution in [0.25, 0.3) is 0 Å². The molecule has 3 aromatic carbocycles. The lowest BCUT2D eigenvalue weighted by atomic mass is 9.97. The zero-order valence-electron chi connectivity index (χ0n) is 16.5. The molecule has 3 aromatic rings. The van der Waals surface area contributed by atoms with Crippen LogP contribution in [0.5, 0.6) is 0 Å². The van der Waals surface area contributed by atoms with Gasteiger partial charge in [-0.05, 0) is 65.9 Å². The summed E-state index contributed by atoms with van der Waals surface area (Å²) in [5, 5.41) is 9.79. The first-order valence-electron chi connectivity index (χ1n) is 9.58. The van der Waals surface area contributed by atoms with Crippen LogP contribution < -0.4 is 4.72 Å². The molecule has 0 aliphatic rings. The van der Waals surface area contributed by atoms with Crippen molar-refractivity contribution in [2.45, 2.75) is 30.2 Å². The van der Waals surface area contributed by atoms with E-state index in [0.29, 0.717) is 22.9 Å². The van der Waals surface area contributed by atoms with Gasteiger partial charge in [-0.25, -0.2) is 8.42 Å². The van der Waals surface area contributed by atoms with Gasteiger partial charge >= 0.3 is 5.97 Å². The number of sulfonamides is 1. The van der Waals surface area contributed by atoms with Crippen molar-refractivity contribution < 1.29 is 18.3 Å². The van der Waals surface area contributed by atoms with E-state index in [1.165, 1.54) is 24.3 Å². The van der Waals surface area contributed by atoms with Crippen LogP contribution in [0.3, 0.4) is 0 Å². The average molecular weight is 478 g/mol. The quantitative estimate of drug-likeness (QED) is 0.427. The van der Waals surface area contributed by atoms with Gasteiger partial charge in [-0.2, -0.15) is 4.72 Å². The van der Waals surface area contributed by atoms with Crippen molar-refractivity contribution >= 4 is 39.2 Å². The summed E-state index contributed by atoms with van der Waals surface area (Å²) >= 11 is 11.9. The molecule has 0 spiro atoms. The number of carbonyl (C=O) groups is 1. The van der Waals surface area contributed by atoms with E-state index in [9.17, 15) is 13.2 Å². The lowest BCUT2D eigenvalue weighted by Gasteiger charge is -2.20. The Morgan fingerprint density at radius 3 is 1.84 bits per heavy atom. The van der Waals surface area contributed by atoms with Crippen molar-refractivity contribution in [2.24, 2.45) is 0 Å². The third kappa shape index (κ3) is 6.55. The molecule has 0 saturated carbocycles. The van der Waals surface area contributed by atoms with E-state index in [4.69, 9.17) is 28.3 Å². The summed E-state index contributed by atoms with van der Waals surface area (Å²) in [7, 11) is -3.82. The van der Waals surface area contributed by atoms with Crippen molar-refractivity contribution in [1.82, 2.24) is 4.72 Å². The van der Waals surface area contributed by atoms with E-state index in [1.54, 1.807) is 24.3 Å². The number of rotatable bonds is 9. The van der Waals surface area contributed by atoms with E-state index >= 15 is 0 Å². The lowest BCUT2D eigenvalue weighted by molar-refractivity contribution is -0.137. The van der Waals surface area contributed by atoms with Crippen molar-refractivity contribution in [3.05, 3.63) is 99.5 Å². The zero-order valence-corrected chi connectivity index (χ0v) is 18.8. The van der Waals surface area contributed by atoms with Gasteiger partial charge in [0.2, 0.25) is 10.0 Å². The molecule has 1 unspecified atom stereocenters. The zero-order chi connectivity index (χ0) is 22.4. The monoisotopic (exact) mass is 477 g/mol. The third-order valence-electron chi connectivity index (χ3n) is 4.77. The van der Waals surface area contributed by atoms with E-state index in [0.717, 1.165) is 16.7 Å². The number of nitrogens with one attached hydrogen (secondary N) is 1. The van der Waals surface area contributed by atoms with Gasteiger partial charge < -0.3 is 5.11 Å².